The molecule has 0 bridgehead atoms. The highest BCUT2D eigenvalue weighted by Crippen LogP contribution is 2.16. The molecule has 0 fully saturated rings. The highest BCUT2D eigenvalue weighted by atomic mass is 15.2. The molecule has 19 heavy (non-hydrogen) atoms. The van der Waals surface area contributed by atoms with Crippen LogP contribution in [0.2, 0.25) is 0 Å². The molecule has 1 heterocycles. The Morgan fingerprint density at radius 2 is 2.16 bits per heavy atom. The van der Waals surface area contributed by atoms with Crippen LogP contribution in [0.3, 0.4) is 0 Å². The number of anilines is 1. The fraction of sp³-hybridized carbons (Fsp3) is 0.600. The molecule has 2 atom stereocenters. The molecule has 0 spiro atoms. The van der Waals surface area contributed by atoms with E-state index in [1.54, 1.807) is 0 Å². The molecule has 104 valence electrons. The van der Waals surface area contributed by atoms with Crippen molar-refractivity contribution in [3.8, 4) is 6.07 Å². The minimum absolute atomic E-state index is 0.0108. The Hall–Kier alpha value is -1.60. The van der Waals surface area contributed by atoms with Gasteiger partial charge in [0.15, 0.2) is 0 Å². The Balaban J connectivity index is 2.63. The van der Waals surface area contributed by atoms with Crippen LogP contribution in [0.25, 0.3) is 0 Å². The van der Waals surface area contributed by atoms with Gasteiger partial charge in [0.05, 0.1) is 12.0 Å². The van der Waals surface area contributed by atoms with Crippen molar-refractivity contribution in [2.24, 2.45) is 5.92 Å². The van der Waals surface area contributed by atoms with Crippen molar-refractivity contribution in [2.75, 3.05) is 25.0 Å². The average molecular weight is 260 g/mol. The first-order chi connectivity index (χ1) is 9.08. The van der Waals surface area contributed by atoms with Crippen LogP contribution >= 0.6 is 0 Å². The molecule has 1 aromatic heterocycles. The van der Waals surface area contributed by atoms with Crippen molar-refractivity contribution < 1.29 is 0 Å². The van der Waals surface area contributed by atoms with Crippen LogP contribution in [-0.2, 0) is 0 Å². The van der Waals surface area contributed by atoms with E-state index in [2.05, 4.69) is 36.3 Å². The van der Waals surface area contributed by atoms with Gasteiger partial charge >= 0.3 is 0 Å². The van der Waals surface area contributed by atoms with Gasteiger partial charge in [-0.25, -0.2) is 4.98 Å². The van der Waals surface area contributed by atoms with E-state index in [1.165, 1.54) is 5.56 Å². The zero-order chi connectivity index (χ0) is 14.3. The number of hydrogen-bond acceptors (Lipinski definition) is 4. The van der Waals surface area contributed by atoms with Gasteiger partial charge in [-0.05, 0) is 38.4 Å². The first-order valence-corrected chi connectivity index (χ1v) is 6.88. The first kappa shape index (κ1) is 15.5. The van der Waals surface area contributed by atoms with Gasteiger partial charge in [0, 0.05) is 25.8 Å². The Labute approximate surface area is 116 Å². The second-order valence-electron chi connectivity index (χ2n) is 5.04. The van der Waals surface area contributed by atoms with Gasteiger partial charge in [0.1, 0.15) is 5.82 Å². The lowest BCUT2D eigenvalue weighted by Crippen LogP contribution is -2.24. The van der Waals surface area contributed by atoms with Crippen LogP contribution in [0.5, 0.6) is 0 Å². The smallest absolute Gasteiger partial charge is 0.128 e. The summed E-state index contributed by atoms with van der Waals surface area (Å²) < 4.78 is 0. The molecule has 1 rings (SSSR count). The van der Waals surface area contributed by atoms with Crippen molar-refractivity contribution in [1.29, 1.82) is 5.26 Å². The lowest BCUT2D eigenvalue weighted by molar-refractivity contribution is 0.569. The number of hydrogen-bond donors (Lipinski definition) is 1. The van der Waals surface area contributed by atoms with E-state index in [9.17, 15) is 0 Å². The summed E-state index contributed by atoms with van der Waals surface area (Å²) in [5.41, 5.74) is 1.19. The van der Waals surface area contributed by atoms with Crippen LogP contribution < -0.4 is 10.2 Å². The molecule has 1 aromatic rings. The van der Waals surface area contributed by atoms with Crippen molar-refractivity contribution in [3.63, 3.8) is 0 Å². The first-order valence-electron chi connectivity index (χ1n) is 6.88. The molecule has 1 N–H and O–H groups in total. The van der Waals surface area contributed by atoms with Crippen LogP contribution in [0.1, 0.15) is 38.8 Å². The quantitative estimate of drug-likeness (QED) is 0.819. The van der Waals surface area contributed by atoms with Gasteiger partial charge in [0.25, 0.3) is 0 Å². The predicted molar refractivity (Wildman–Crippen MR) is 79.0 cm³/mol. The fourth-order valence-corrected chi connectivity index (χ4v) is 1.90. The molecule has 4 nitrogen and oxygen atoms in total. The van der Waals surface area contributed by atoms with Crippen LogP contribution in [-0.4, -0.2) is 25.1 Å². The number of nitrogens with zero attached hydrogens (tertiary/aromatic N) is 3. The summed E-state index contributed by atoms with van der Waals surface area (Å²) in [7, 11) is 1.97. The molecule has 2 unspecified atom stereocenters. The summed E-state index contributed by atoms with van der Waals surface area (Å²) >= 11 is 0. The number of rotatable bonds is 7. The van der Waals surface area contributed by atoms with Crippen molar-refractivity contribution in [1.82, 2.24) is 10.3 Å². The molecular formula is C15H24N4. The minimum Gasteiger partial charge on any atom is -0.358 e. The van der Waals surface area contributed by atoms with E-state index < -0.39 is 0 Å². The van der Waals surface area contributed by atoms with Gasteiger partial charge in [-0.1, -0.05) is 13.0 Å². The van der Waals surface area contributed by atoms with Gasteiger partial charge in [-0.2, -0.15) is 5.26 Å². The van der Waals surface area contributed by atoms with Crippen LogP contribution in [0, 0.1) is 17.2 Å². The molecule has 0 aliphatic rings. The number of nitriles is 1. The monoisotopic (exact) mass is 260 g/mol. The third kappa shape index (κ3) is 4.88. The lowest BCUT2D eigenvalue weighted by atomic mass is 10.1. The molecule has 0 amide bonds. The van der Waals surface area contributed by atoms with Crippen LogP contribution in [0.15, 0.2) is 18.3 Å². The maximum absolute atomic E-state index is 8.82. The van der Waals surface area contributed by atoms with E-state index >= 15 is 0 Å². The Kier molecular flexibility index (Phi) is 6.31. The molecule has 0 saturated heterocycles. The highest BCUT2D eigenvalue weighted by Gasteiger charge is 2.09. The van der Waals surface area contributed by atoms with Gasteiger partial charge in [-0.3, -0.25) is 0 Å². The second kappa shape index (κ2) is 7.75. The molecule has 0 aliphatic carbocycles. The highest BCUT2D eigenvalue weighted by molar-refractivity contribution is 5.39. The minimum atomic E-state index is 0.0108. The van der Waals surface area contributed by atoms with Crippen molar-refractivity contribution in [3.05, 3.63) is 23.9 Å². The largest absolute Gasteiger partial charge is 0.358 e. The maximum atomic E-state index is 8.82. The number of nitrogens with one attached hydrogen (secondary N) is 1. The van der Waals surface area contributed by atoms with E-state index in [0.29, 0.717) is 12.6 Å². The third-order valence-corrected chi connectivity index (χ3v) is 3.13. The summed E-state index contributed by atoms with van der Waals surface area (Å²) in [4.78, 5) is 6.49. The summed E-state index contributed by atoms with van der Waals surface area (Å²) in [6.45, 7) is 7.94. The Morgan fingerprint density at radius 3 is 2.68 bits per heavy atom. The SMILES string of the molecule is CCCNC(C)c1ccc(N(C)CC(C)C#N)nc1. The van der Waals surface area contributed by atoms with Gasteiger partial charge < -0.3 is 10.2 Å². The lowest BCUT2D eigenvalue weighted by Gasteiger charge is -2.20. The molecule has 4 heteroatoms. The second-order valence-corrected chi connectivity index (χ2v) is 5.04. The molecule has 0 aliphatic heterocycles. The molecule has 0 saturated carbocycles. The predicted octanol–water partition coefficient (Wildman–Crippen LogP) is 2.74. The van der Waals surface area contributed by atoms with E-state index in [4.69, 9.17) is 5.26 Å². The summed E-state index contributed by atoms with van der Waals surface area (Å²) in [5, 5.41) is 12.3. The zero-order valence-electron chi connectivity index (χ0n) is 12.3. The van der Waals surface area contributed by atoms with E-state index in [1.807, 2.05) is 31.1 Å². The fourth-order valence-electron chi connectivity index (χ4n) is 1.90. The average Bonchev–Trinajstić information content (AvgIpc) is 2.44. The van der Waals surface area contributed by atoms with Gasteiger partial charge in [-0.15, -0.1) is 0 Å². The zero-order valence-corrected chi connectivity index (χ0v) is 12.3. The Morgan fingerprint density at radius 1 is 1.42 bits per heavy atom. The van der Waals surface area contributed by atoms with Crippen molar-refractivity contribution in [2.45, 2.75) is 33.2 Å². The summed E-state index contributed by atoms with van der Waals surface area (Å²) in [6.07, 6.45) is 3.04. The van der Waals surface area contributed by atoms with Crippen LogP contribution in [0.4, 0.5) is 5.82 Å². The summed E-state index contributed by atoms with van der Waals surface area (Å²) in [5.74, 6) is 0.921. The number of aromatic nitrogens is 1. The normalized spacial score (nSPS) is 13.6. The third-order valence-electron chi connectivity index (χ3n) is 3.13. The topological polar surface area (TPSA) is 52.0 Å². The van der Waals surface area contributed by atoms with E-state index in [-0.39, 0.29) is 5.92 Å². The number of pyridine rings is 1. The van der Waals surface area contributed by atoms with Gasteiger partial charge in [0.2, 0.25) is 0 Å². The molecular weight excluding hydrogens is 236 g/mol. The Bertz CT molecular complexity index is 407. The van der Waals surface area contributed by atoms with E-state index in [0.717, 1.165) is 18.8 Å². The summed E-state index contributed by atoms with van der Waals surface area (Å²) in [6, 6.07) is 6.68. The maximum Gasteiger partial charge on any atom is 0.128 e. The molecule has 0 radical (unpaired) electrons. The van der Waals surface area contributed by atoms with Crippen molar-refractivity contribution >= 4 is 5.82 Å². The standard InChI is InChI=1S/C15H24N4/c1-5-8-17-13(3)14-6-7-15(18-10-14)19(4)11-12(2)9-16/h6-7,10,12-13,17H,5,8,11H2,1-4H3. The molecule has 0 aromatic carbocycles.